The molecule has 5 nitrogen and oxygen atoms in total. The van der Waals surface area contributed by atoms with Crippen LogP contribution >= 0.6 is 0 Å². The molecule has 0 aromatic carbocycles. The van der Waals surface area contributed by atoms with Gasteiger partial charge in [0.2, 0.25) is 0 Å². The van der Waals surface area contributed by atoms with E-state index in [-0.39, 0.29) is 11.3 Å². The molecule has 0 bridgehead atoms. The fourth-order valence-corrected chi connectivity index (χ4v) is 1.45. The van der Waals surface area contributed by atoms with Crippen LogP contribution in [0.1, 0.15) is 26.4 Å². The summed E-state index contributed by atoms with van der Waals surface area (Å²) in [6.45, 7) is 1.86. The molecule has 0 aliphatic carbocycles. The van der Waals surface area contributed by atoms with Crippen LogP contribution in [0.3, 0.4) is 0 Å². The molecule has 0 saturated carbocycles. The Labute approximate surface area is 84.9 Å². The summed E-state index contributed by atoms with van der Waals surface area (Å²) >= 11 is 0. The first kappa shape index (κ1) is 9.39. The maximum absolute atomic E-state index is 10.8. The summed E-state index contributed by atoms with van der Waals surface area (Å²) in [5.41, 5.74) is 1.35. The Balaban J connectivity index is 2.84. The lowest BCUT2D eigenvalue weighted by molar-refractivity contribution is 0.0687. The highest BCUT2D eigenvalue weighted by Gasteiger charge is 2.17. The van der Waals surface area contributed by atoms with Gasteiger partial charge in [0.1, 0.15) is 0 Å². The number of aldehydes is 1. The van der Waals surface area contributed by atoms with Crippen LogP contribution in [0.15, 0.2) is 18.3 Å². The van der Waals surface area contributed by atoms with E-state index in [9.17, 15) is 9.59 Å². The summed E-state index contributed by atoms with van der Waals surface area (Å²) in [6.07, 6.45) is 2.19. The number of rotatable bonds is 2. The number of hydrogen-bond acceptors (Lipinski definition) is 3. The molecule has 1 N–H and O–H groups in total. The summed E-state index contributed by atoms with van der Waals surface area (Å²) in [5.74, 6) is -1.20. The number of nitrogens with zero attached hydrogens (tertiary/aromatic N) is 2. The van der Waals surface area contributed by atoms with E-state index < -0.39 is 5.97 Å². The molecule has 0 unspecified atom stereocenters. The van der Waals surface area contributed by atoms with Crippen LogP contribution in [0.2, 0.25) is 0 Å². The van der Waals surface area contributed by atoms with E-state index in [0.29, 0.717) is 11.8 Å². The number of carboxylic acid groups (broad SMARTS) is 1. The molecule has 0 amide bonds. The van der Waals surface area contributed by atoms with Gasteiger partial charge < -0.3 is 5.11 Å². The summed E-state index contributed by atoms with van der Waals surface area (Å²) in [6, 6.07) is 3.48. The van der Waals surface area contributed by atoms with E-state index in [1.165, 1.54) is 4.52 Å². The van der Waals surface area contributed by atoms with Crippen molar-refractivity contribution in [2.24, 2.45) is 0 Å². The zero-order valence-electron chi connectivity index (χ0n) is 7.97. The van der Waals surface area contributed by atoms with Crippen LogP contribution in [-0.4, -0.2) is 27.0 Å². The Morgan fingerprint density at radius 1 is 1.53 bits per heavy atom. The van der Waals surface area contributed by atoms with Crippen molar-refractivity contribution in [2.45, 2.75) is 6.92 Å². The average Bonchev–Trinajstić information content (AvgIpc) is 2.55. The summed E-state index contributed by atoms with van der Waals surface area (Å²) < 4.78 is 1.41. The highest BCUT2D eigenvalue weighted by Crippen LogP contribution is 2.14. The minimum Gasteiger partial charge on any atom is -0.476 e. The van der Waals surface area contributed by atoms with Crippen molar-refractivity contribution in [3.63, 3.8) is 0 Å². The minimum absolute atomic E-state index is 0.113. The fraction of sp³-hybridized carbons (Fsp3) is 0.100. The zero-order chi connectivity index (χ0) is 11.0. The van der Waals surface area contributed by atoms with Gasteiger partial charge in [-0.2, -0.15) is 5.10 Å². The summed E-state index contributed by atoms with van der Waals surface area (Å²) in [4.78, 5) is 21.6. The molecule has 76 valence electrons. The first-order chi connectivity index (χ1) is 7.13. The molecule has 2 aromatic rings. The topological polar surface area (TPSA) is 71.7 Å². The number of aromatic carboxylic acids is 1. The van der Waals surface area contributed by atoms with Crippen LogP contribution in [0.4, 0.5) is 0 Å². The van der Waals surface area contributed by atoms with Crippen LogP contribution in [0.5, 0.6) is 0 Å². The van der Waals surface area contributed by atoms with Crippen LogP contribution in [0.25, 0.3) is 5.52 Å². The third-order valence-corrected chi connectivity index (χ3v) is 2.14. The van der Waals surface area contributed by atoms with Gasteiger partial charge in [0.05, 0.1) is 11.1 Å². The van der Waals surface area contributed by atoms with Crippen LogP contribution in [0, 0.1) is 6.92 Å². The minimum atomic E-state index is -1.20. The molecule has 0 spiro atoms. The van der Waals surface area contributed by atoms with Gasteiger partial charge in [-0.25, -0.2) is 9.31 Å². The first-order valence-electron chi connectivity index (χ1n) is 4.31. The third-order valence-electron chi connectivity index (χ3n) is 2.14. The molecule has 0 fully saturated rings. The number of carboxylic acids is 1. The molecule has 0 atom stereocenters. The van der Waals surface area contributed by atoms with Gasteiger partial charge in [-0.3, -0.25) is 4.79 Å². The second kappa shape index (κ2) is 3.20. The molecule has 0 aliphatic rings. The Kier molecular flexibility index (Phi) is 2.00. The molecular weight excluding hydrogens is 196 g/mol. The SMILES string of the molecule is Cc1ccc2c(C=O)c(C(=O)O)nn2c1. The van der Waals surface area contributed by atoms with Crippen molar-refractivity contribution < 1.29 is 14.7 Å². The highest BCUT2D eigenvalue weighted by atomic mass is 16.4. The maximum Gasteiger partial charge on any atom is 0.357 e. The normalized spacial score (nSPS) is 10.5. The first-order valence-corrected chi connectivity index (χ1v) is 4.31. The molecule has 0 radical (unpaired) electrons. The number of aromatic nitrogens is 2. The molecule has 0 aliphatic heterocycles. The van der Waals surface area contributed by atoms with E-state index in [1.807, 2.05) is 6.92 Å². The van der Waals surface area contributed by atoms with E-state index in [0.717, 1.165) is 5.56 Å². The van der Waals surface area contributed by atoms with E-state index >= 15 is 0 Å². The number of pyridine rings is 1. The van der Waals surface area contributed by atoms with Crippen LogP contribution < -0.4 is 0 Å². The highest BCUT2D eigenvalue weighted by molar-refractivity contribution is 6.00. The van der Waals surface area contributed by atoms with E-state index in [4.69, 9.17) is 5.11 Å². The predicted molar refractivity (Wildman–Crippen MR) is 52.3 cm³/mol. The molecule has 2 aromatic heterocycles. The maximum atomic E-state index is 10.8. The number of hydrogen-bond donors (Lipinski definition) is 1. The molecule has 2 rings (SSSR count). The standard InChI is InChI=1S/C10H8N2O3/c1-6-2-3-8-7(5-13)9(10(14)15)11-12(8)4-6/h2-5H,1H3,(H,14,15). The number of fused-ring (bicyclic) bond motifs is 1. The third kappa shape index (κ3) is 1.38. The van der Waals surface area contributed by atoms with Gasteiger partial charge in [0.15, 0.2) is 12.0 Å². The van der Waals surface area contributed by atoms with Crippen molar-refractivity contribution in [1.82, 2.24) is 9.61 Å². The van der Waals surface area contributed by atoms with Crippen molar-refractivity contribution in [2.75, 3.05) is 0 Å². The van der Waals surface area contributed by atoms with Gasteiger partial charge in [-0.15, -0.1) is 0 Å². The molecule has 2 heterocycles. The monoisotopic (exact) mass is 204 g/mol. The van der Waals surface area contributed by atoms with E-state index in [2.05, 4.69) is 5.10 Å². The smallest absolute Gasteiger partial charge is 0.357 e. The lowest BCUT2D eigenvalue weighted by Gasteiger charge is -1.94. The molecule has 0 saturated heterocycles. The largest absolute Gasteiger partial charge is 0.476 e. The second-order valence-electron chi connectivity index (χ2n) is 3.22. The summed E-state index contributed by atoms with van der Waals surface area (Å²) in [7, 11) is 0. The fourth-order valence-electron chi connectivity index (χ4n) is 1.45. The Morgan fingerprint density at radius 3 is 2.87 bits per heavy atom. The van der Waals surface area contributed by atoms with Crippen molar-refractivity contribution in [3.8, 4) is 0 Å². The van der Waals surface area contributed by atoms with Crippen molar-refractivity contribution in [1.29, 1.82) is 0 Å². The number of aryl methyl sites for hydroxylation is 1. The van der Waals surface area contributed by atoms with Gasteiger partial charge in [0, 0.05) is 6.20 Å². The van der Waals surface area contributed by atoms with Gasteiger partial charge >= 0.3 is 5.97 Å². The Morgan fingerprint density at radius 2 is 2.27 bits per heavy atom. The Bertz CT molecular complexity index is 557. The summed E-state index contributed by atoms with van der Waals surface area (Å²) in [5, 5.41) is 12.7. The van der Waals surface area contributed by atoms with Gasteiger partial charge in [-0.05, 0) is 18.6 Å². The molecule has 15 heavy (non-hydrogen) atoms. The lowest BCUT2D eigenvalue weighted by atomic mass is 10.2. The van der Waals surface area contributed by atoms with Crippen LogP contribution in [-0.2, 0) is 0 Å². The predicted octanol–water partition coefficient (Wildman–Crippen LogP) is 1.15. The Hall–Kier alpha value is -2.17. The molecular formula is C10H8N2O3. The molecule has 5 heteroatoms. The number of carbonyl (C=O) groups is 2. The van der Waals surface area contributed by atoms with E-state index in [1.54, 1.807) is 18.3 Å². The van der Waals surface area contributed by atoms with Gasteiger partial charge in [0.25, 0.3) is 0 Å². The lowest BCUT2D eigenvalue weighted by Crippen LogP contribution is -2.00. The zero-order valence-corrected chi connectivity index (χ0v) is 7.97. The second-order valence-corrected chi connectivity index (χ2v) is 3.22. The number of carbonyl (C=O) groups excluding carboxylic acids is 1. The quantitative estimate of drug-likeness (QED) is 0.745. The van der Waals surface area contributed by atoms with Crippen molar-refractivity contribution >= 4 is 17.8 Å². The average molecular weight is 204 g/mol. The van der Waals surface area contributed by atoms with Crippen molar-refractivity contribution in [3.05, 3.63) is 35.2 Å². The van der Waals surface area contributed by atoms with Gasteiger partial charge in [-0.1, -0.05) is 6.07 Å².